The fourth-order valence-electron chi connectivity index (χ4n) is 2.41. The molecule has 6 heteroatoms. The molecule has 0 saturated carbocycles. The summed E-state index contributed by atoms with van der Waals surface area (Å²) < 4.78 is 0. The Labute approximate surface area is 145 Å². The van der Waals surface area contributed by atoms with Gasteiger partial charge in [0.25, 0.3) is 5.56 Å². The number of aryl methyl sites for hydroxylation is 1. The molecule has 0 spiro atoms. The summed E-state index contributed by atoms with van der Waals surface area (Å²) >= 11 is 1.58. The molecule has 5 nitrogen and oxygen atoms in total. The summed E-state index contributed by atoms with van der Waals surface area (Å²) in [6, 6.07) is 9.34. The van der Waals surface area contributed by atoms with Gasteiger partial charge in [-0.1, -0.05) is 37.7 Å². The molecule has 0 amide bonds. The summed E-state index contributed by atoms with van der Waals surface area (Å²) in [7, 11) is 0. The van der Waals surface area contributed by atoms with Gasteiger partial charge in [0.1, 0.15) is 16.7 Å². The number of fused-ring (bicyclic) bond motifs is 1. The van der Waals surface area contributed by atoms with Crippen molar-refractivity contribution < 1.29 is 0 Å². The third-order valence-electron chi connectivity index (χ3n) is 3.68. The van der Waals surface area contributed by atoms with Gasteiger partial charge in [0.15, 0.2) is 0 Å². The van der Waals surface area contributed by atoms with Gasteiger partial charge in [0.2, 0.25) is 0 Å². The number of aromatic nitrogens is 4. The van der Waals surface area contributed by atoms with Crippen LogP contribution in [0, 0.1) is 6.92 Å². The van der Waals surface area contributed by atoms with E-state index in [2.05, 4.69) is 33.8 Å². The second-order valence-corrected chi connectivity index (χ2v) is 7.45. The molecule has 0 unspecified atom stereocenters. The van der Waals surface area contributed by atoms with Crippen LogP contribution in [0.4, 0.5) is 0 Å². The van der Waals surface area contributed by atoms with Gasteiger partial charge >= 0.3 is 0 Å². The molecule has 3 rings (SSSR count). The molecule has 124 valence electrons. The Morgan fingerprint density at radius 3 is 2.58 bits per heavy atom. The van der Waals surface area contributed by atoms with E-state index in [1.807, 2.05) is 38.1 Å². The molecule has 24 heavy (non-hydrogen) atoms. The normalized spacial score (nSPS) is 12.7. The number of aromatic amines is 1. The van der Waals surface area contributed by atoms with Crippen LogP contribution in [0.2, 0.25) is 0 Å². The molecule has 2 aromatic heterocycles. The zero-order valence-corrected chi connectivity index (χ0v) is 15.0. The average Bonchev–Trinajstić information content (AvgIpc) is 2.54. The molecular formula is C18H20N4OS. The van der Waals surface area contributed by atoms with E-state index in [4.69, 9.17) is 0 Å². The third kappa shape index (κ3) is 3.48. The molecule has 1 N–H and O–H groups in total. The van der Waals surface area contributed by atoms with E-state index >= 15 is 0 Å². The Hall–Kier alpha value is -2.21. The van der Waals surface area contributed by atoms with E-state index in [1.165, 1.54) is 0 Å². The maximum atomic E-state index is 12.2. The highest BCUT2D eigenvalue weighted by atomic mass is 32.2. The zero-order valence-electron chi connectivity index (χ0n) is 14.2. The monoisotopic (exact) mass is 340 g/mol. The maximum absolute atomic E-state index is 12.2. The van der Waals surface area contributed by atoms with Crippen molar-refractivity contribution in [1.82, 2.24) is 19.9 Å². The van der Waals surface area contributed by atoms with Gasteiger partial charge < -0.3 is 4.98 Å². The molecule has 2 heterocycles. The first-order valence-electron chi connectivity index (χ1n) is 7.95. The molecule has 0 bridgehead atoms. The van der Waals surface area contributed by atoms with Crippen molar-refractivity contribution in [1.29, 1.82) is 0 Å². The number of nitrogens with zero attached hydrogens (tertiary/aromatic N) is 3. The summed E-state index contributed by atoms with van der Waals surface area (Å²) in [5.74, 6) is 1.77. The maximum Gasteiger partial charge on any atom is 0.258 e. The van der Waals surface area contributed by atoms with Gasteiger partial charge in [-0.05, 0) is 32.0 Å². The fourth-order valence-corrected chi connectivity index (χ4v) is 3.38. The smallest absolute Gasteiger partial charge is 0.258 e. The lowest BCUT2D eigenvalue weighted by Gasteiger charge is -2.13. The Morgan fingerprint density at radius 1 is 1.08 bits per heavy atom. The van der Waals surface area contributed by atoms with Crippen LogP contribution in [0.3, 0.4) is 0 Å². The van der Waals surface area contributed by atoms with Crippen molar-refractivity contribution in [2.75, 3.05) is 0 Å². The summed E-state index contributed by atoms with van der Waals surface area (Å²) in [4.78, 5) is 28.8. The van der Waals surface area contributed by atoms with Crippen LogP contribution < -0.4 is 5.56 Å². The minimum absolute atomic E-state index is 0.0170. The molecule has 0 saturated heterocycles. The van der Waals surface area contributed by atoms with E-state index in [1.54, 1.807) is 17.8 Å². The molecule has 0 aliphatic carbocycles. The lowest BCUT2D eigenvalue weighted by molar-refractivity contribution is 0.743. The van der Waals surface area contributed by atoms with Crippen LogP contribution in [-0.2, 0) is 0 Å². The van der Waals surface area contributed by atoms with Gasteiger partial charge in [-0.3, -0.25) is 4.79 Å². The Balaban J connectivity index is 1.93. The number of hydrogen-bond donors (Lipinski definition) is 1. The Bertz CT molecular complexity index is 936. The van der Waals surface area contributed by atoms with Crippen LogP contribution in [-0.4, -0.2) is 19.9 Å². The van der Waals surface area contributed by atoms with E-state index in [0.29, 0.717) is 16.7 Å². The zero-order chi connectivity index (χ0) is 17.3. The molecule has 0 aliphatic heterocycles. The molecule has 1 aromatic carbocycles. The molecule has 3 aromatic rings. The summed E-state index contributed by atoms with van der Waals surface area (Å²) in [6.45, 7) is 8.15. The van der Waals surface area contributed by atoms with Gasteiger partial charge in [-0.15, -0.1) is 0 Å². The second-order valence-electron chi connectivity index (χ2n) is 6.09. The number of rotatable bonds is 4. The standard InChI is InChI=1S/C18H20N4OS/c1-10(2)16-19-11(3)9-15(21-16)24-12(4)17-20-14-8-6-5-7-13(14)18(23)22-17/h5-10,12H,1-4H3,(H,20,22,23)/t12-/m0/s1. The molecular weight excluding hydrogens is 320 g/mol. The number of benzene rings is 1. The summed E-state index contributed by atoms with van der Waals surface area (Å²) in [5, 5.41) is 1.49. The Kier molecular flexibility index (Phi) is 4.66. The highest BCUT2D eigenvalue weighted by Gasteiger charge is 2.15. The highest BCUT2D eigenvalue weighted by Crippen LogP contribution is 2.32. The Morgan fingerprint density at radius 2 is 1.83 bits per heavy atom. The van der Waals surface area contributed by atoms with Crippen LogP contribution in [0.15, 0.2) is 40.2 Å². The fraction of sp³-hybridized carbons (Fsp3) is 0.333. The van der Waals surface area contributed by atoms with Gasteiger partial charge in [-0.2, -0.15) is 0 Å². The molecule has 0 radical (unpaired) electrons. The minimum atomic E-state index is -0.107. The predicted octanol–water partition coefficient (Wildman–Crippen LogP) is 4.00. The van der Waals surface area contributed by atoms with Gasteiger partial charge in [0, 0.05) is 11.6 Å². The SMILES string of the molecule is Cc1cc(S[C@@H](C)c2nc3ccccc3c(=O)[nH]2)nc(C(C)C)n1. The second kappa shape index (κ2) is 6.73. The number of H-pyrrole nitrogens is 1. The average molecular weight is 340 g/mol. The highest BCUT2D eigenvalue weighted by molar-refractivity contribution is 7.99. The largest absolute Gasteiger partial charge is 0.309 e. The summed E-state index contributed by atoms with van der Waals surface area (Å²) in [6.07, 6.45) is 0. The van der Waals surface area contributed by atoms with Gasteiger partial charge in [-0.25, -0.2) is 15.0 Å². The lowest BCUT2D eigenvalue weighted by Crippen LogP contribution is -2.13. The first kappa shape index (κ1) is 16.6. The van der Waals surface area contributed by atoms with E-state index < -0.39 is 0 Å². The van der Waals surface area contributed by atoms with E-state index in [9.17, 15) is 4.79 Å². The van der Waals surface area contributed by atoms with E-state index in [-0.39, 0.29) is 16.7 Å². The predicted molar refractivity (Wildman–Crippen MR) is 97.5 cm³/mol. The van der Waals surface area contributed by atoms with Crippen molar-refractivity contribution in [3.05, 3.63) is 58.0 Å². The number of hydrogen-bond acceptors (Lipinski definition) is 5. The number of nitrogens with one attached hydrogen (secondary N) is 1. The van der Waals surface area contributed by atoms with Gasteiger partial charge in [0.05, 0.1) is 16.2 Å². The van der Waals surface area contributed by atoms with Crippen molar-refractivity contribution >= 4 is 22.7 Å². The van der Waals surface area contributed by atoms with Crippen molar-refractivity contribution in [3.63, 3.8) is 0 Å². The van der Waals surface area contributed by atoms with Crippen LogP contribution >= 0.6 is 11.8 Å². The van der Waals surface area contributed by atoms with Crippen molar-refractivity contribution in [3.8, 4) is 0 Å². The topological polar surface area (TPSA) is 71.5 Å². The lowest BCUT2D eigenvalue weighted by atomic mass is 10.2. The number of thioether (sulfide) groups is 1. The van der Waals surface area contributed by atoms with Crippen LogP contribution in [0.25, 0.3) is 10.9 Å². The summed E-state index contributed by atoms with van der Waals surface area (Å²) in [5.41, 5.74) is 1.55. The molecule has 1 atom stereocenters. The molecule has 0 aliphatic rings. The first-order valence-corrected chi connectivity index (χ1v) is 8.83. The quantitative estimate of drug-likeness (QED) is 0.574. The van der Waals surface area contributed by atoms with E-state index in [0.717, 1.165) is 16.5 Å². The third-order valence-corrected chi connectivity index (χ3v) is 4.71. The molecule has 0 fully saturated rings. The minimum Gasteiger partial charge on any atom is -0.309 e. The number of para-hydroxylation sites is 1. The van der Waals surface area contributed by atoms with Crippen LogP contribution in [0.5, 0.6) is 0 Å². The first-order chi connectivity index (χ1) is 11.4. The van der Waals surface area contributed by atoms with Crippen molar-refractivity contribution in [2.45, 2.75) is 43.9 Å². The van der Waals surface area contributed by atoms with Crippen LogP contribution in [0.1, 0.15) is 49.3 Å². The van der Waals surface area contributed by atoms with Crippen molar-refractivity contribution in [2.24, 2.45) is 0 Å².